The number of nitrogens with one attached hydrogen (secondary N) is 1. The molecule has 0 atom stereocenters. The number of halogens is 3. The predicted molar refractivity (Wildman–Crippen MR) is 123 cm³/mol. The summed E-state index contributed by atoms with van der Waals surface area (Å²) < 4.78 is 37.9. The molecule has 0 aliphatic heterocycles. The van der Waals surface area contributed by atoms with Crippen LogP contribution in [0.15, 0.2) is 48.5 Å². The Kier molecular flexibility index (Phi) is 11.2. The average Bonchev–Trinajstić information content (AvgIpc) is 2.75. The molecule has 0 spiro atoms. The molecule has 0 saturated heterocycles. The lowest BCUT2D eigenvalue weighted by atomic mass is 10.1. The van der Waals surface area contributed by atoms with Crippen LogP contribution in [0.1, 0.15) is 87.0 Å². The first-order chi connectivity index (χ1) is 15.0. The molecule has 2 aromatic carbocycles. The van der Waals surface area contributed by atoms with Gasteiger partial charge in [0.2, 0.25) is 0 Å². The maximum absolute atomic E-state index is 12.6. The van der Waals surface area contributed by atoms with Crippen LogP contribution in [-0.2, 0) is 19.3 Å². The van der Waals surface area contributed by atoms with E-state index >= 15 is 0 Å². The molecule has 0 fully saturated rings. The fourth-order valence-electron chi connectivity index (χ4n) is 3.43. The van der Waals surface area contributed by atoms with Gasteiger partial charge in [-0.1, -0.05) is 88.0 Å². The summed E-state index contributed by atoms with van der Waals surface area (Å²) in [5, 5.41) is 3.28. The van der Waals surface area contributed by atoms with E-state index in [9.17, 15) is 13.2 Å². The minimum atomic E-state index is -4.29. The van der Waals surface area contributed by atoms with Crippen LogP contribution < -0.4 is 5.32 Å². The summed E-state index contributed by atoms with van der Waals surface area (Å²) in [6.45, 7) is 3.41. The van der Waals surface area contributed by atoms with E-state index in [-0.39, 0.29) is 0 Å². The van der Waals surface area contributed by atoms with Gasteiger partial charge >= 0.3 is 6.18 Å². The number of hydrogen-bond donors (Lipinski definition) is 1. The van der Waals surface area contributed by atoms with Crippen LogP contribution >= 0.6 is 0 Å². The molecule has 4 heteroatoms. The first-order valence-electron chi connectivity index (χ1n) is 11.4. The molecule has 1 nitrogen and oxygen atoms in total. The lowest BCUT2D eigenvalue weighted by Gasteiger charge is -2.09. The number of rotatable bonds is 12. The van der Waals surface area contributed by atoms with Gasteiger partial charge in [0.25, 0.3) is 0 Å². The number of alkyl halides is 3. The predicted octanol–water partition coefficient (Wildman–Crippen LogP) is 7.88. The maximum Gasteiger partial charge on any atom is 0.416 e. The highest BCUT2D eigenvalue weighted by atomic mass is 19.4. The van der Waals surface area contributed by atoms with Gasteiger partial charge in [0.05, 0.1) is 5.56 Å². The van der Waals surface area contributed by atoms with Crippen molar-refractivity contribution < 1.29 is 13.2 Å². The molecule has 0 aromatic heterocycles. The second kappa shape index (κ2) is 13.9. The first-order valence-corrected chi connectivity index (χ1v) is 11.4. The van der Waals surface area contributed by atoms with Crippen molar-refractivity contribution in [1.29, 1.82) is 0 Å². The number of hydrogen-bond acceptors (Lipinski definition) is 1. The highest BCUT2D eigenvalue weighted by molar-refractivity contribution is 5.37. The van der Waals surface area contributed by atoms with Crippen LogP contribution in [0.5, 0.6) is 0 Å². The molecule has 0 unspecified atom stereocenters. The summed E-state index contributed by atoms with van der Waals surface area (Å²) in [7, 11) is 0. The first kappa shape index (κ1) is 25.0. The minimum absolute atomic E-state index is 0.520. The molecule has 168 valence electrons. The molecule has 2 rings (SSSR count). The van der Waals surface area contributed by atoms with Crippen LogP contribution in [0.2, 0.25) is 0 Å². The third kappa shape index (κ3) is 10.6. The Hall–Kier alpha value is -2.25. The van der Waals surface area contributed by atoms with E-state index < -0.39 is 11.7 Å². The molecular weight excluding hydrogens is 395 g/mol. The van der Waals surface area contributed by atoms with E-state index in [2.05, 4.69) is 30.1 Å². The summed E-state index contributed by atoms with van der Waals surface area (Å²) in [5.74, 6) is 6.53. The van der Waals surface area contributed by atoms with Crippen molar-refractivity contribution in [3.05, 3.63) is 70.8 Å². The largest absolute Gasteiger partial charge is 0.416 e. The zero-order chi connectivity index (χ0) is 22.4. The van der Waals surface area contributed by atoms with Crippen molar-refractivity contribution in [1.82, 2.24) is 5.32 Å². The van der Waals surface area contributed by atoms with E-state index in [0.717, 1.165) is 41.7 Å². The Morgan fingerprint density at radius 3 is 2.10 bits per heavy atom. The van der Waals surface area contributed by atoms with E-state index in [4.69, 9.17) is 0 Å². The highest BCUT2D eigenvalue weighted by Crippen LogP contribution is 2.29. The average molecular weight is 430 g/mol. The second-order valence-corrected chi connectivity index (χ2v) is 8.03. The van der Waals surface area contributed by atoms with E-state index in [1.807, 2.05) is 18.2 Å². The molecule has 0 bridgehead atoms. The lowest BCUT2D eigenvalue weighted by molar-refractivity contribution is -0.137. The summed E-state index contributed by atoms with van der Waals surface area (Å²) in [4.78, 5) is 0. The van der Waals surface area contributed by atoms with Crippen molar-refractivity contribution in [3.8, 4) is 11.8 Å². The van der Waals surface area contributed by atoms with Crippen molar-refractivity contribution in [2.24, 2.45) is 0 Å². The van der Waals surface area contributed by atoms with Gasteiger partial charge in [-0.25, -0.2) is 0 Å². The van der Waals surface area contributed by atoms with E-state index in [0.29, 0.717) is 13.1 Å². The van der Waals surface area contributed by atoms with Crippen LogP contribution in [0.3, 0.4) is 0 Å². The Morgan fingerprint density at radius 1 is 0.774 bits per heavy atom. The Morgan fingerprint density at radius 2 is 1.42 bits per heavy atom. The van der Waals surface area contributed by atoms with Gasteiger partial charge in [-0.05, 0) is 41.8 Å². The topological polar surface area (TPSA) is 12.0 Å². The smallest absolute Gasteiger partial charge is 0.309 e. The third-order valence-electron chi connectivity index (χ3n) is 5.25. The van der Waals surface area contributed by atoms with Crippen molar-refractivity contribution in [2.45, 2.75) is 84.0 Å². The minimum Gasteiger partial charge on any atom is -0.309 e. The highest BCUT2D eigenvalue weighted by Gasteiger charge is 2.29. The van der Waals surface area contributed by atoms with Crippen molar-refractivity contribution in [2.75, 3.05) is 0 Å². The molecule has 0 amide bonds. The van der Waals surface area contributed by atoms with Crippen LogP contribution in [0.4, 0.5) is 13.2 Å². The Balaban J connectivity index is 1.67. The third-order valence-corrected chi connectivity index (χ3v) is 5.25. The number of unbranched alkanes of at least 4 members (excludes halogenated alkanes) is 8. The van der Waals surface area contributed by atoms with Crippen LogP contribution in [0, 0.1) is 11.8 Å². The van der Waals surface area contributed by atoms with E-state index in [1.165, 1.54) is 57.1 Å². The molecule has 0 heterocycles. The fourth-order valence-corrected chi connectivity index (χ4v) is 3.43. The van der Waals surface area contributed by atoms with Crippen molar-refractivity contribution >= 4 is 0 Å². The summed E-state index contributed by atoms with van der Waals surface area (Å²) in [6.07, 6.45) is 7.10. The molecule has 0 saturated carbocycles. The second-order valence-electron chi connectivity index (χ2n) is 8.03. The molecule has 1 N–H and O–H groups in total. The normalized spacial score (nSPS) is 11.2. The number of benzene rings is 2. The molecule has 0 radical (unpaired) electrons. The maximum atomic E-state index is 12.6. The molecule has 2 aromatic rings. The summed E-state index contributed by atoms with van der Waals surface area (Å²) in [5.41, 5.74) is 2.34. The zero-order valence-corrected chi connectivity index (χ0v) is 18.5. The van der Waals surface area contributed by atoms with Gasteiger partial charge < -0.3 is 5.32 Å². The Bertz CT molecular complexity index is 813. The van der Waals surface area contributed by atoms with Gasteiger partial charge in [-0.2, -0.15) is 13.2 Å². The van der Waals surface area contributed by atoms with Gasteiger partial charge in [0, 0.05) is 25.1 Å². The molecule has 0 aliphatic carbocycles. The molecule has 31 heavy (non-hydrogen) atoms. The van der Waals surface area contributed by atoms with Gasteiger partial charge in [-0.3, -0.25) is 0 Å². The quantitative estimate of drug-likeness (QED) is 0.267. The standard InChI is InChI=1S/C27H34F3N/c1-2-3-4-5-6-7-8-9-10-11-13-23-14-12-15-25(20-23)22-31-21-24-16-18-26(19-17-24)27(28,29)30/h12,14-20,31H,2-10,21-22H2,1H3. The van der Waals surface area contributed by atoms with Crippen LogP contribution in [-0.4, -0.2) is 0 Å². The summed E-state index contributed by atoms with van der Waals surface area (Å²) in [6, 6.07) is 13.4. The zero-order valence-electron chi connectivity index (χ0n) is 18.5. The molecule has 0 aliphatic rings. The van der Waals surface area contributed by atoms with E-state index in [1.54, 1.807) is 0 Å². The summed E-state index contributed by atoms with van der Waals surface area (Å²) >= 11 is 0. The molecular formula is C27H34F3N. The Labute approximate surface area is 185 Å². The fraction of sp³-hybridized carbons (Fsp3) is 0.481. The SMILES string of the molecule is CCCCCCCCCCC#Cc1cccc(CNCc2ccc(C(F)(F)F)cc2)c1. The van der Waals surface area contributed by atoms with Gasteiger partial charge in [-0.15, -0.1) is 0 Å². The van der Waals surface area contributed by atoms with Gasteiger partial charge in [0.15, 0.2) is 0 Å². The van der Waals surface area contributed by atoms with Gasteiger partial charge in [0.1, 0.15) is 0 Å². The van der Waals surface area contributed by atoms with Crippen LogP contribution in [0.25, 0.3) is 0 Å². The lowest BCUT2D eigenvalue weighted by Crippen LogP contribution is -2.13. The monoisotopic (exact) mass is 429 g/mol. The van der Waals surface area contributed by atoms with Crippen molar-refractivity contribution in [3.63, 3.8) is 0 Å².